The molecule has 0 saturated carbocycles. The predicted molar refractivity (Wildman–Crippen MR) is 88.7 cm³/mol. The summed E-state index contributed by atoms with van der Waals surface area (Å²) in [7, 11) is 0. The van der Waals surface area contributed by atoms with Crippen LogP contribution in [0, 0.1) is 12.8 Å². The number of hydrogen-bond acceptors (Lipinski definition) is 4. The molecule has 0 fully saturated rings. The Morgan fingerprint density at radius 1 is 1.18 bits per heavy atom. The molecule has 2 N–H and O–H groups in total. The summed E-state index contributed by atoms with van der Waals surface area (Å²) in [5.41, 5.74) is 1.99. The van der Waals surface area contributed by atoms with Crippen molar-refractivity contribution >= 4 is 17.4 Å². The first-order chi connectivity index (χ1) is 10.5. The Labute approximate surface area is 135 Å². The van der Waals surface area contributed by atoms with E-state index in [1.165, 1.54) is 11.3 Å². The lowest BCUT2D eigenvalue weighted by Crippen LogP contribution is -2.41. The molecule has 2 aromatic heterocycles. The topological polar surface area (TPSA) is 66.9 Å². The van der Waals surface area contributed by atoms with Crippen LogP contribution < -0.4 is 10.6 Å². The summed E-state index contributed by atoms with van der Waals surface area (Å²) >= 11 is 1.53. The first kappa shape index (κ1) is 16.4. The molecule has 2 rings (SSSR count). The normalized spacial score (nSPS) is 13.7. The highest BCUT2D eigenvalue weighted by molar-refractivity contribution is 7.09. The van der Waals surface area contributed by atoms with Crippen molar-refractivity contribution in [3.8, 4) is 0 Å². The van der Waals surface area contributed by atoms with Crippen molar-refractivity contribution in [1.82, 2.24) is 20.6 Å². The van der Waals surface area contributed by atoms with E-state index in [9.17, 15) is 4.79 Å². The number of thiazole rings is 1. The summed E-state index contributed by atoms with van der Waals surface area (Å²) in [6.07, 6.45) is 3.50. The molecular formula is C16H22N4OS. The number of amides is 2. The van der Waals surface area contributed by atoms with E-state index < -0.39 is 0 Å². The Bertz CT molecular complexity index is 612. The van der Waals surface area contributed by atoms with Gasteiger partial charge in [0.05, 0.1) is 17.8 Å². The second kappa shape index (κ2) is 7.35. The lowest BCUT2D eigenvalue weighted by atomic mass is 9.97. The minimum atomic E-state index is -0.202. The van der Waals surface area contributed by atoms with Crippen LogP contribution in [0.25, 0.3) is 0 Å². The molecule has 5 nitrogen and oxygen atoms in total. The summed E-state index contributed by atoms with van der Waals surface area (Å²) < 4.78 is 0. The van der Waals surface area contributed by atoms with Gasteiger partial charge >= 0.3 is 6.03 Å². The lowest BCUT2D eigenvalue weighted by Gasteiger charge is -2.24. The molecule has 2 amide bonds. The highest BCUT2D eigenvalue weighted by Crippen LogP contribution is 2.22. The Balaban J connectivity index is 2.05. The molecule has 0 aromatic carbocycles. The van der Waals surface area contributed by atoms with E-state index in [2.05, 4.69) is 34.4 Å². The van der Waals surface area contributed by atoms with Gasteiger partial charge < -0.3 is 10.6 Å². The molecule has 0 radical (unpaired) electrons. The maximum absolute atomic E-state index is 12.3. The number of aryl methyl sites for hydroxylation is 1. The Morgan fingerprint density at radius 2 is 1.95 bits per heavy atom. The van der Waals surface area contributed by atoms with Gasteiger partial charge in [0, 0.05) is 17.8 Å². The van der Waals surface area contributed by atoms with Crippen LogP contribution in [0.4, 0.5) is 4.79 Å². The minimum absolute atomic E-state index is 0.113. The molecule has 2 aromatic rings. The van der Waals surface area contributed by atoms with E-state index in [1.54, 1.807) is 12.4 Å². The summed E-state index contributed by atoms with van der Waals surface area (Å²) in [6, 6.07) is 3.48. The van der Waals surface area contributed by atoms with E-state index >= 15 is 0 Å². The van der Waals surface area contributed by atoms with Gasteiger partial charge in [-0.25, -0.2) is 9.78 Å². The molecule has 0 aliphatic rings. The fraction of sp³-hybridized carbons (Fsp3) is 0.438. The molecule has 0 aliphatic heterocycles. The Hall–Kier alpha value is -1.95. The molecule has 22 heavy (non-hydrogen) atoms. The maximum atomic E-state index is 12.3. The second-order valence-electron chi connectivity index (χ2n) is 5.64. The summed E-state index contributed by atoms with van der Waals surface area (Å²) in [6.45, 7) is 8.08. The van der Waals surface area contributed by atoms with E-state index in [0.29, 0.717) is 0 Å². The van der Waals surface area contributed by atoms with Gasteiger partial charge in [-0.2, -0.15) is 0 Å². The third-order valence-corrected chi connectivity index (χ3v) is 4.43. The Morgan fingerprint density at radius 3 is 2.55 bits per heavy atom. The fourth-order valence-corrected chi connectivity index (χ4v) is 2.91. The van der Waals surface area contributed by atoms with Crippen molar-refractivity contribution in [2.75, 3.05) is 0 Å². The average Bonchev–Trinajstić information content (AvgIpc) is 2.99. The van der Waals surface area contributed by atoms with Gasteiger partial charge in [0.1, 0.15) is 5.01 Å². The van der Waals surface area contributed by atoms with Crippen molar-refractivity contribution < 1.29 is 4.79 Å². The van der Waals surface area contributed by atoms with Gasteiger partial charge in [0.2, 0.25) is 0 Å². The standard InChI is InChI=1S/C16H22N4OS/c1-10(2)13(14-11(3)6-5-7-17-14)20-16(21)19-12(4)15-18-8-9-22-15/h5-10,12-13H,1-4H3,(H2,19,20,21)/t12-,13-/m1/s1. The van der Waals surface area contributed by atoms with Gasteiger partial charge in [-0.1, -0.05) is 19.9 Å². The molecule has 0 spiro atoms. The summed E-state index contributed by atoms with van der Waals surface area (Å²) in [5, 5.41) is 8.75. The van der Waals surface area contributed by atoms with Crippen LogP contribution in [-0.4, -0.2) is 16.0 Å². The van der Waals surface area contributed by atoms with Gasteiger partial charge in [0.15, 0.2) is 0 Å². The quantitative estimate of drug-likeness (QED) is 0.885. The van der Waals surface area contributed by atoms with Crippen molar-refractivity contribution in [3.63, 3.8) is 0 Å². The van der Waals surface area contributed by atoms with E-state index in [1.807, 2.05) is 31.4 Å². The lowest BCUT2D eigenvalue weighted by molar-refractivity contribution is 0.229. The highest BCUT2D eigenvalue weighted by Gasteiger charge is 2.22. The number of pyridine rings is 1. The van der Waals surface area contributed by atoms with Crippen LogP contribution >= 0.6 is 11.3 Å². The summed E-state index contributed by atoms with van der Waals surface area (Å²) in [5.74, 6) is 0.245. The predicted octanol–water partition coefficient (Wildman–Crippen LogP) is 3.60. The molecule has 0 unspecified atom stereocenters. The highest BCUT2D eigenvalue weighted by atomic mass is 32.1. The van der Waals surface area contributed by atoms with E-state index in [-0.39, 0.29) is 24.0 Å². The van der Waals surface area contributed by atoms with Crippen molar-refractivity contribution in [1.29, 1.82) is 0 Å². The zero-order valence-corrected chi connectivity index (χ0v) is 14.1. The Kier molecular flexibility index (Phi) is 5.49. The zero-order valence-electron chi connectivity index (χ0n) is 13.3. The van der Waals surface area contributed by atoms with Crippen molar-refractivity contribution in [3.05, 3.63) is 46.2 Å². The summed E-state index contributed by atoms with van der Waals surface area (Å²) in [4.78, 5) is 20.9. The monoisotopic (exact) mass is 318 g/mol. The molecule has 2 heterocycles. The minimum Gasteiger partial charge on any atom is -0.330 e. The van der Waals surface area contributed by atoms with Crippen LogP contribution in [0.15, 0.2) is 29.9 Å². The van der Waals surface area contributed by atoms with Crippen molar-refractivity contribution in [2.45, 2.75) is 39.8 Å². The SMILES string of the molecule is Cc1cccnc1[C@H](NC(=O)N[C@H](C)c1nccs1)C(C)C. The van der Waals surface area contributed by atoms with Crippen LogP contribution in [0.1, 0.15) is 49.1 Å². The molecular weight excluding hydrogens is 296 g/mol. The number of rotatable bonds is 5. The van der Waals surface area contributed by atoms with Gasteiger partial charge in [0.25, 0.3) is 0 Å². The number of urea groups is 1. The molecule has 2 atom stereocenters. The third-order valence-electron chi connectivity index (χ3n) is 3.47. The third kappa shape index (κ3) is 4.04. The van der Waals surface area contributed by atoms with Crippen LogP contribution in [0.2, 0.25) is 0 Å². The molecule has 0 saturated heterocycles. The number of nitrogens with zero attached hydrogens (tertiary/aromatic N) is 2. The average molecular weight is 318 g/mol. The van der Waals surface area contributed by atoms with E-state index in [0.717, 1.165) is 16.3 Å². The number of aromatic nitrogens is 2. The number of carbonyl (C=O) groups excluding carboxylic acids is 1. The fourth-order valence-electron chi connectivity index (χ4n) is 2.26. The van der Waals surface area contributed by atoms with Gasteiger partial charge in [-0.3, -0.25) is 4.98 Å². The molecule has 0 aliphatic carbocycles. The number of carbonyl (C=O) groups is 1. The van der Waals surface area contributed by atoms with Gasteiger partial charge in [-0.15, -0.1) is 11.3 Å². The molecule has 118 valence electrons. The number of hydrogen-bond donors (Lipinski definition) is 2. The number of nitrogens with one attached hydrogen (secondary N) is 2. The van der Waals surface area contributed by atoms with Gasteiger partial charge in [-0.05, 0) is 31.4 Å². The molecule has 0 bridgehead atoms. The first-order valence-electron chi connectivity index (χ1n) is 7.37. The largest absolute Gasteiger partial charge is 0.330 e. The first-order valence-corrected chi connectivity index (χ1v) is 8.25. The van der Waals surface area contributed by atoms with Crippen LogP contribution in [-0.2, 0) is 0 Å². The maximum Gasteiger partial charge on any atom is 0.315 e. The molecule has 6 heteroatoms. The zero-order chi connectivity index (χ0) is 16.1. The van der Waals surface area contributed by atoms with E-state index in [4.69, 9.17) is 0 Å². The smallest absolute Gasteiger partial charge is 0.315 e. The second-order valence-corrected chi connectivity index (χ2v) is 6.56. The van der Waals surface area contributed by atoms with Crippen molar-refractivity contribution in [2.24, 2.45) is 5.92 Å². The van der Waals surface area contributed by atoms with Crippen LogP contribution in [0.3, 0.4) is 0 Å². The van der Waals surface area contributed by atoms with Crippen LogP contribution in [0.5, 0.6) is 0 Å².